The van der Waals surface area contributed by atoms with E-state index >= 15 is 0 Å². The zero-order chi connectivity index (χ0) is 10.8. The molecule has 0 aromatic carbocycles. The number of nitrogens with zero attached hydrogens (tertiary/aromatic N) is 2. The van der Waals surface area contributed by atoms with E-state index in [-0.39, 0.29) is 11.7 Å². The van der Waals surface area contributed by atoms with Crippen molar-refractivity contribution in [1.29, 1.82) is 0 Å². The Hall–Kier alpha value is -1.26. The van der Waals surface area contributed by atoms with Gasteiger partial charge in [-0.15, -0.1) is 0 Å². The van der Waals surface area contributed by atoms with E-state index in [1.165, 1.54) is 0 Å². The van der Waals surface area contributed by atoms with Crippen LogP contribution in [-0.2, 0) is 4.79 Å². The third kappa shape index (κ3) is 1.66. The van der Waals surface area contributed by atoms with Gasteiger partial charge >= 0.3 is 0 Å². The average Bonchev–Trinajstić information content (AvgIpc) is 2.97. The topological polar surface area (TPSA) is 78.9 Å². The molecule has 80 valence electrons. The van der Waals surface area contributed by atoms with Gasteiger partial charge in [0, 0.05) is 13.6 Å². The molecule has 1 aliphatic rings. The molecule has 0 aromatic rings. The van der Waals surface area contributed by atoms with Crippen LogP contribution in [-0.4, -0.2) is 35.4 Å². The van der Waals surface area contributed by atoms with Gasteiger partial charge in [-0.1, -0.05) is 12.1 Å². The molecule has 5 heteroatoms. The molecule has 5 nitrogen and oxygen atoms in total. The molecule has 1 aliphatic carbocycles. The van der Waals surface area contributed by atoms with Gasteiger partial charge in [-0.05, 0) is 19.3 Å². The van der Waals surface area contributed by atoms with Crippen molar-refractivity contribution >= 4 is 11.7 Å². The Bertz CT molecular complexity index is 259. The number of carbonyl (C=O) groups is 1. The Kier molecular flexibility index (Phi) is 2.98. The molecule has 0 aliphatic heterocycles. The molecule has 0 atom stereocenters. The van der Waals surface area contributed by atoms with Gasteiger partial charge in [0.2, 0.25) is 5.91 Å². The number of hydrogen-bond donors (Lipinski definition) is 2. The zero-order valence-electron chi connectivity index (χ0n) is 8.66. The molecule has 1 fully saturated rings. The normalized spacial score (nSPS) is 19.1. The predicted molar refractivity (Wildman–Crippen MR) is 53.0 cm³/mol. The van der Waals surface area contributed by atoms with Crippen molar-refractivity contribution in [2.45, 2.75) is 26.2 Å². The largest absolute Gasteiger partial charge is 0.409 e. The summed E-state index contributed by atoms with van der Waals surface area (Å²) in [7, 11) is 1.75. The van der Waals surface area contributed by atoms with Gasteiger partial charge in [0.1, 0.15) is 5.41 Å². The second-order valence-electron chi connectivity index (χ2n) is 3.79. The Morgan fingerprint density at radius 3 is 2.57 bits per heavy atom. The van der Waals surface area contributed by atoms with Gasteiger partial charge in [-0.3, -0.25) is 4.79 Å². The van der Waals surface area contributed by atoms with Gasteiger partial charge in [-0.2, -0.15) is 0 Å². The number of amidine groups is 1. The highest BCUT2D eigenvalue weighted by atomic mass is 16.4. The lowest BCUT2D eigenvalue weighted by molar-refractivity contribution is -0.133. The summed E-state index contributed by atoms with van der Waals surface area (Å²) in [4.78, 5) is 13.5. The number of hydrogen-bond acceptors (Lipinski definition) is 3. The SMILES string of the molecule is CCCN(C)C(=O)C1(C(N)=NO)CC1. The summed E-state index contributed by atoms with van der Waals surface area (Å²) >= 11 is 0. The molecule has 0 bridgehead atoms. The maximum Gasteiger partial charge on any atom is 0.236 e. The lowest BCUT2D eigenvalue weighted by atomic mass is 10.0. The molecule has 14 heavy (non-hydrogen) atoms. The highest BCUT2D eigenvalue weighted by Crippen LogP contribution is 2.47. The first-order chi connectivity index (χ1) is 6.58. The third-order valence-corrected chi connectivity index (χ3v) is 2.66. The standard InChI is InChI=1S/C9H17N3O2/c1-3-6-12(2)8(13)9(4-5-9)7(10)11-14/h14H,3-6H2,1-2H3,(H2,10,11). The summed E-state index contributed by atoms with van der Waals surface area (Å²) in [6.45, 7) is 2.71. The second kappa shape index (κ2) is 3.86. The summed E-state index contributed by atoms with van der Waals surface area (Å²) in [6, 6.07) is 0. The molecular formula is C9H17N3O2. The molecule has 0 saturated heterocycles. The minimum Gasteiger partial charge on any atom is -0.409 e. The minimum absolute atomic E-state index is 0.0327. The number of oxime groups is 1. The van der Waals surface area contributed by atoms with Crippen molar-refractivity contribution in [3.05, 3.63) is 0 Å². The number of nitrogens with two attached hydrogens (primary N) is 1. The Balaban J connectivity index is 2.69. The van der Waals surface area contributed by atoms with E-state index in [0.29, 0.717) is 19.4 Å². The van der Waals surface area contributed by atoms with Crippen LogP contribution < -0.4 is 5.73 Å². The quantitative estimate of drug-likeness (QED) is 0.297. The monoisotopic (exact) mass is 199 g/mol. The molecule has 3 N–H and O–H groups in total. The van der Waals surface area contributed by atoms with E-state index in [1.807, 2.05) is 6.92 Å². The second-order valence-corrected chi connectivity index (χ2v) is 3.79. The van der Waals surface area contributed by atoms with Crippen LogP contribution in [0.3, 0.4) is 0 Å². The van der Waals surface area contributed by atoms with Crippen LogP contribution in [0.25, 0.3) is 0 Å². The smallest absolute Gasteiger partial charge is 0.236 e. The lowest BCUT2D eigenvalue weighted by Gasteiger charge is -2.21. The first-order valence-corrected chi connectivity index (χ1v) is 4.82. The maximum absolute atomic E-state index is 11.9. The molecule has 0 unspecified atom stereocenters. The molecule has 0 aromatic heterocycles. The number of amides is 1. The summed E-state index contributed by atoms with van der Waals surface area (Å²) in [5.74, 6) is 0.0140. The average molecular weight is 199 g/mol. The van der Waals surface area contributed by atoms with Crippen molar-refractivity contribution in [2.24, 2.45) is 16.3 Å². The van der Waals surface area contributed by atoms with Crippen molar-refractivity contribution in [3.63, 3.8) is 0 Å². The molecule has 1 rings (SSSR count). The Morgan fingerprint density at radius 1 is 1.64 bits per heavy atom. The van der Waals surface area contributed by atoms with Crippen LogP contribution in [0.5, 0.6) is 0 Å². The van der Waals surface area contributed by atoms with Gasteiger partial charge in [-0.25, -0.2) is 0 Å². The van der Waals surface area contributed by atoms with Gasteiger partial charge in [0.05, 0.1) is 0 Å². The summed E-state index contributed by atoms with van der Waals surface area (Å²) < 4.78 is 0. The van der Waals surface area contributed by atoms with Crippen molar-refractivity contribution < 1.29 is 10.0 Å². The highest BCUT2D eigenvalue weighted by molar-refractivity contribution is 6.09. The van der Waals surface area contributed by atoms with E-state index in [9.17, 15) is 4.79 Å². The van der Waals surface area contributed by atoms with Gasteiger partial charge in [0.25, 0.3) is 0 Å². The molecule has 0 radical (unpaired) electrons. The highest BCUT2D eigenvalue weighted by Gasteiger charge is 2.55. The summed E-state index contributed by atoms with van der Waals surface area (Å²) in [5.41, 5.74) is 4.80. The van der Waals surface area contributed by atoms with Crippen LogP contribution in [0.2, 0.25) is 0 Å². The number of carbonyl (C=O) groups excluding carboxylic acids is 1. The summed E-state index contributed by atoms with van der Waals surface area (Å²) in [6.07, 6.45) is 2.29. The molecule has 0 heterocycles. The van der Waals surface area contributed by atoms with Crippen LogP contribution in [0, 0.1) is 5.41 Å². The fourth-order valence-electron chi connectivity index (χ4n) is 1.60. The van der Waals surface area contributed by atoms with E-state index in [4.69, 9.17) is 10.9 Å². The molecule has 0 spiro atoms. The van der Waals surface area contributed by atoms with Gasteiger partial charge < -0.3 is 15.8 Å². The number of rotatable bonds is 4. The van der Waals surface area contributed by atoms with Crippen molar-refractivity contribution in [1.82, 2.24) is 4.90 Å². The van der Waals surface area contributed by atoms with Crippen LogP contribution in [0.15, 0.2) is 5.16 Å². The molecular weight excluding hydrogens is 182 g/mol. The minimum atomic E-state index is -0.696. The van der Waals surface area contributed by atoms with E-state index < -0.39 is 5.41 Å². The zero-order valence-corrected chi connectivity index (χ0v) is 8.66. The summed E-state index contributed by atoms with van der Waals surface area (Å²) in [5, 5.41) is 11.5. The molecule has 1 saturated carbocycles. The first kappa shape index (κ1) is 10.8. The van der Waals surface area contributed by atoms with Crippen molar-refractivity contribution in [2.75, 3.05) is 13.6 Å². The van der Waals surface area contributed by atoms with E-state index in [1.54, 1.807) is 11.9 Å². The molecule has 1 amide bonds. The van der Waals surface area contributed by atoms with Gasteiger partial charge in [0.15, 0.2) is 5.84 Å². The predicted octanol–water partition coefficient (Wildman–Crippen LogP) is 0.381. The third-order valence-electron chi connectivity index (χ3n) is 2.66. The lowest BCUT2D eigenvalue weighted by Crippen LogP contribution is -2.42. The van der Waals surface area contributed by atoms with Crippen LogP contribution in [0.4, 0.5) is 0 Å². The van der Waals surface area contributed by atoms with E-state index in [0.717, 1.165) is 6.42 Å². The first-order valence-electron chi connectivity index (χ1n) is 4.82. The van der Waals surface area contributed by atoms with Crippen molar-refractivity contribution in [3.8, 4) is 0 Å². The maximum atomic E-state index is 11.9. The van der Waals surface area contributed by atoms with Crippen LogP contribution in [0.1, 0.15) is 26.2 Å². The fraction of sp³-hybridized carbons (Fsp3) is 0.778. The van der Waals surface area contributed by atoms with Crippen LogP contribution >= 0.6 is 0 Å². The fourth-order valence-corrected chi connectivity index (χ4v) is 1.60. The Morgan fingerprint density at radius 2 is 2.21 bits per heavy atom. The van der Waals surface area contributed by atoms with E-state index in [2.05, 4.69) is 5.16 Å². The Labute approximate surface area is 83.6 Å².